The van der Waals surface area contributed by atoms with E-state index in [2.05, 4.69) is 0 Å². The van der Waals surface area contributed by atoms with Crippen LogP contribution in [0.5, 0.6) is 5.75 Å². The Morgan fingerprint density at radius 2 is 2.18 bits per heavy atom. The summed E-state index contributed by atoms with van der Waals surface area (Å²) in [6, 6.07) is 4.61. The average Bonchev–Trinajstić information content (AvgIpc) is 2.26. The Labute approximate surface area is 95.0 Å². The van der Waals surface area contributed by atoms with Crippen LogP contribution in [0, 0.1) is 21.4 Å². The molecular formula is C10H6N2O5. The number of carbonyl (C=O) groups is 1. The predicted octanol–water partition coefficient (Wildman–Crippen LogP) is 1.29. The van der Waals surface area contributed by atoms with Gasteiger partial charge in [-0.2, -0.15) is 5.26 Å². The number of nitriles is 1. The predicted molar refractivity (Wildman–Crippen MR) is 56.0 cm³/mol. The molecule has 7 nitrogen and oxygen atoms in total. The van der Waals surface area contributed by atoms with Gasteiger partial charge in [-0.3, -0.25) is 10.1 Å². The van der Waals surface area contributed by atoms with Crippen molar-refractivity contribution in [2.45, 2.75) is 0 Å². The molecule has 1 aromatic carbocycles. The number of phenols is 1. The summed E-state index contributed by atoms with van der Waals surface area (Å²) >= 11 is 0. The molecule has 7 heteroatoms. The van der Waals surface area contributed by atoms with Gasteiger partial charge in [-0.1, -0.05) is 0 Å². The molecule has 0 bridgehead atoms. The number of nitro groups is 1. The Bertz CT molecular complexity index is 556. The molecule has 0 aliphatic carbocycles. The summed E-state index contributed by atoms with van der Waals surface area (Å²) in [7, 11) is 0. The van der Waals surface area contributed by atoms with Crippen LogP contribution in [0.25, 0.3) is 6.08 Å². The van der Waals surface area contributed by atoms with Gasteiger partial charge in [-0.15, -0.1) is 0 Å². The third-order valence-corrected chi connectivity index (χ3v) is 1.86. The molecule has 1 aromatic rings. The van der Waals surface area contributed by atoms with Gasteiger partial charge in [-0.25, -0.2) is 4.79 Å². The van der Waals surface area contributed by atoms with Crippen molar-refractivity contribution >= 4 is 17.7 Å². The molecule has 0 heterocycles. The van der Waals surface area contributed by atoms with E-state index in [0.717, 1.165) is 24.3 Å². The number of aromatic hydroxyl groups is 1. The van der Waals surface area contributed by atoms with Crippen molar-refractivity contribution in [1.82, 2.24) is 0 Å². The van der Waals surface area contributed by atoms with Crippen molar-refractivity contribution in [3.05, 3.63) is 39.4 Å². The van der Waals surface area contributed by atoms with Crippen LogP contribution in [0.15, 0.2) is 23.8 Å². The zero-order valence-corrected chi connectivity index (χ0v) is 8.32. The highest BCUT2D eigenvalue weighted by atomic mass is 16.6. The molecule has 2 N–H and O–H groups in total. The molecule has 0 atom stereocenters. The first kappa shape index (κ1) is 12.2. The van der Waals surface area contributed by atoms with E-state index in [0.29, 0.717) is 0 Å². The topological polar surface area (TPSA) is 124 Å². The molecule has 17 heavy (non-hydrogen) atoms. The number of hydrogen-bond donors (Lipinski definition) is 2. The normalized spacial score (nSPS) is 10.6. The first-order valence-corrected chi connectivity index (χ1v) is 4.28. The Balaban J connectivity index is 3.38. The minimum absolute atomic E-state index is 0.0632. The summed E-state index contributed by atoms with van der Waals surface area (Å²) in [5.41, 5.74) is -1.16. The summed E-state index contributed by atoms with van der Waals surface area (Å²) < 4.78 is 0. The van der Waals surface area contributed by atoms with Crippen molar-refractivity contribution in [1.29, 1.82) is 5.26 Å². The second kappa shape index (κ2) is 4.76. The quantitative estimate of drug-likeness (QED) is 0.351. The molecule has 0 aromatic heterocycles. The van der Waals surface area contributed by atoms with E-state index in [9.17, 15) is 14.9 Å². The van der Waals surface area contributed by atoms with Crippen LogP contribution in [-0.2, 0) is 4.79 Å². The minimum atomic E-state index is -1.48. The van der Waals surface area contributed by atoms with E-state index in [1.807, 2.05) is 0 Å². The molecule has 0 saturated carbocycles. The molecule has 86 valence electrons. The molecule has 0 fully saturated rings. The summed E-state index contributed by atoms with van der Waals surface area (Å²) in [6.07, 6.45) is 0.875. The molecule has 0 spiro atoms. The van der Waals surface area contributed by atoms with Gasteiger partial charge in [0.2, 0.25) is 0 Å². The number of hydrogen-bond acceptors (Lipinski definition) is 5. The molecule has 0 unspecified atom stereocenters. The maximum absolute atomic E-state index is 10.6. The average molecular weight is 234 g/mol. The summed E-state index contributed by atoms with van der Waals surface area (Å²) in [6.45, 7) is 0. The second-order valence-corrected chi connectivity index (χ2v) is 2.98. The largest absolute Gasteiger partial charge is 0.508 e. The molecule has 1 rings (SSSR count). The molecule has 0 saturated heterocycles. The molecule has 0 aliphatic rings. The molecule has 0 aliphatic heterocycles. The highest BCUT2D eigenvalue weighted by Crippen LogP contribution is 2.25. The minimum Gasteiger partial charge on any atom is -0.508 e. The smallest absolute Gasteiger partial charge is 0.346 e. The van der Waals surface area contributed by atoms with Gasteiger partial charge in [0.1, 0.15) is 17.4 Å². The van der Waals surface area contributed by atoms with Gasteiger partial charge in [0.15, 0.2) is 0 Å². The zero-order valence-electron chi connectivity index (χ0n) is 8.32. The van der Waals surface area contributed by atoms with Gasteiger partial charge in [0, 0.05) is 0 Å². The monoisotopic (exact) mass is 234 g/mol. The lowest BCUT2D eigenvalue weighted by atomic mass is 10.1. The standard InChI is InChI=1S/C10H6N2O5/c11-5-7(10(14)15)3-6-1-2-8(13)4-9(6)12(16)17/h1-4,13H,(H,14,15)/b7-3+. The lowest BCUT2D eigenvalue weighted by Gasteiger charge is -1.98. The number of phenolic OH excluding ortho intramolecular Hbond substituents is 1. The lowest BCUT2D eigenvalue weighted by molar-refractivity contribution is -0.385. The van der Waals surface area contributed by atoms with Crippen molar-refractivity contribution in [2.75, 3.05) is 0 Å². The van der Waals surface area contributed by atoms with Gasteiger partial charge < -0.3 is 10.2 Å². The van der Waals surface area contributed by atoms with E-state index in [-0.39, 0.29) is 11.3 Å². The van der Waals surface area contributed by atoms with E-state index in [1.165, 1.54) is 6.07 Å². The van der Waals surface area contributed by atoms with Crippen molar-refractivity contribution in [2.24, 2.45) is 0 Å². The van der Waals surface area contributed by atoms with Gasteiger partial charge in [0.25, 0.3) is 5.69 Å². The fourth-order valence-electron chi connectivity index (χ4n) is 1.11. The van der Waals surface area contributed by atoms with Crippen LogP contribution in [0.4, 0.5) is 5.69 Å². The number of nitrogens with zero attached hydrogens (tertiary/aromatic N) is 2. The third-order valence-electron chi connectivity index (χ3n) is 1.86. The zero-order chi connectivity index (χ0) is 13.0. The van der Waals surface area contributed by atoms with Crippen molar-refractivity contribution < 1.29 is 19.9 Å². The maximum Gasteiger partial charge on any atom is 0.346 e. The summed E-state index contributed by atoms with van der Waals surface area (Å²) in [5.74, 6) is -1.79. The van der Waals surface area contributed by atoms with Crippen LogP contribution in [0.3, 0.4) is 0 Å². The van der Waals surface area contributed by atoms with E-state index >= 15 is 0 Å². The Kier molecular flexibility index (Phi) is 3.41. The van der Waals surface area contributed by atoms with Crippen LogP contribution in [0.2, 0.25) is 0 Å². The van der Waals surface area contributed by atoms with Gasteiger partial charge in [0.05, 0.1) is 16.6 Å². The summed E-state index contributed by atoms with van der Waals surface area (Å²) in [4.78, 5) is 20.4. The number of nitro benzene ring substituents is 1. The number of aliphatic carboxylic acids is 1. The molecule has 0 radical (unpaired) electrons. The summed E-state index contributed by atoms with van der Waals surface area (Å²) in [5, 5.41) is 36.9. The highest BCUT2D eigenvalue weighted by molar-refractivity contribution is 5.97. The van der Waals surface area contributed by atoms with Crippen LogP contribution in [-0.4, -0.2) is 21.1 Å². The first-order chi connectivity index (χ1) is 7.95. The van der Waals surface area contributed by atoms with Crippen LogP contribution < -0.4 is 0 Å². The van der Waals surface area contributed by atoms with E-state index < -0.39 is 22.2 Å². The molecular weight excluding hydrogens is 228 g/mol. The maximum atomic E-state index is 10.6. The third kappa shape index (κ3) is 2.79. The SMILES string of the molecule is N#C/C(=C\c1ccc(O)cc1[N+](=O)[O-])C(=O)O. The number of carboxylic acids is 1. The number of rotatable bonds is 3. The number of benzene rings is 1. The van der Waals surface area contributed by atoms with E-state index in [4.69, 9.17) is 15.5 Å². The van der Waals surface area contributed by atoms with E-state index in [1.54, 1.807) is 0 Å². The molecule has 0 amide bonds. The fourth-order valence-corrected chi connectivity index (χ4v) is 1.11. The second-order valence-electron chi connectivity index (χ2n) is 2.98. The first-order valence-electron chi connectivity index (χ1n) is 4.28. The number of carboxylic acid groups (broad SMARTS) is 1. The van der Waals surface area contributed by atoms with Crippen molar-refractivity contribution in [3.8, 4) is 11.8 Å². The van der Waals surface area contributed by atoms with Crippen molar-refractivity contribution in [3.63, 3.8) is 0 Å². The van der Waals surface area contributed by atoms with Gasteiger partial charge >= 0.3 is 5.97 Å². The highest BCUT2D eigenvalue weighted by Gasteiger charge is 2.15. The Hall–Kier alpha value is -2.88. The Morgan fingerprint density at radius 1 is 1.53 bits per heavy atom. The Morgan fingerprint density at radius 3 is 2.65 bits per heavy atom. The fraction of sp³-hybridized carbons (Fsp3) is 0. The van der Waals surface area contributed by atoms with Crippen LogP contribution in [0.1, 0.15) is 5.56 Å². The van der Waals surface area contributed by atoms with Crippen LogP contribution >= 0.6 is 0 Å². The van der Waals surface area contributed by atoms with Gasteiger partial charge in [-0.05, 0) is 18.2 Å². The lowest BCUT2D eigenvalue weighted by Crippen LogP contribution is -1.98.